The molecular formula is C72H63N. The van der Waals surface area contributed by atoms with Crippen molar-refractivity contribution in [3.63, 3.8) is 0 Å². The third kappa shape index (κ3) is 5.14. The minimum Gasteiger partial charge on any atom is -0.310 e. The van der Waals surface area contributed by atoms with Crippen LogP contribution in [0.4, 0.5) is 17.1 Å². The highest BCUT2D eigenvalue weighted by Gasteiger charge is 2.48. The Balaban J connectivity index is 0.848. The SMILES string of the molecule is CC1(C)c2cc(N(c3ccccc3)c3ccc4c(c3)C(C)(C)c3cc5c(cc3-4)C(C)(C)c3ccc4c(c3-5)-c3ccccc3C4(C)C)ccc2-c2cc3c(cc21)-c1c(ccc2c1-c1ccccc1C2(C)C)C3(C)C. The Bertz CT molecular complexity index is 3770. The maximum absolute atomic E-state index is 2.60. The van der Waals surface area contributed by atoms with Crippen LogP contribution in [0.25, 0.3) is 66.8 Å². The van der Waals surface area contributed by atoms with E-state index in [0.29, 0.717) is 0 Å². The van der Waals surface area contributed by atoms with E-state index in [2.05, 4.69) is 252 Å². The van der Waals surface area contributed by atoms with Crippen molar-refractivity contribution in [2.24, 2.45) is 0 Å². The van der Waals surface area contributed by atoms with Crippen molar-refractivity contribution in [3.05, 3.63) is 231 Å². The van der Waals surface area contributed by atoms with Gasteiger partial charge in [-0.05, 0) is 194 Å². The van der Waals surface area contributed by atoms with E-state index in [9.17, 15) is 0 Å². The molecule has 0 spiro atoms. The van der Waals surface area contributed by atoms with Crippen molar-refractivity contribution in [3.8, 4) is 66.8 Å². The van der Waals surface area contributed by atoms with E-state index in [1.54, 1.807) is 0 Å². The van der Waals surface area contributed by atoms with E-state index in [1.807, 2.05) is 0 Å². The van der Waals surface area contributed by atoms with Crippen LogP contribution in [0.3, 0.4) is 0 Å². The molecule has 0 aliphatic heterocycles. The van der Waals surface area contributed by atoms with Crippen LogP contribution in [0.5, 0.6) is 0 Å². The summed E-state index contributed by atoms with van der Waals surface area (Å²) in [5.74, 6) is 0. The molecule has 73 heavy (non-hydrogen) atoms. The zero-order valence-corrected chi connectivity index (χ0v) is 44.5. The van der Waals surface area contributed by atoms with Gasteiger partial charge in [0.05, 0.1) is 0 Å². The van der Waals surface area contributed by atoms with Gasteiger partial charge in [0.15, 0.2) is 0 Å². The number of hydrogen-bond acceptors (Lipinski definition) is 1. The van der Waals surface area contributed by atoms with Crippen LogP contribution in [0, 0.1) is 0 Å². The van der Waals surface area contributed by atoms with Gasteiger partial charge < -0.3 is 4.90 Å². The van der Waals surface area contributed by atoms with Crippen LogP contribution in [0.15, 0.2) is 164 Å². The van der Waals surface area contributed by atoms with Gasteiger partial charge in [-0.25, -0.2) is 0 Å². The number of fused-ring (bicyclic) bond motifs is 20. The predicted octanol–water partition coefficient (Wildman–Crippen LogP) is 19.0. The van der Waals surface area contributed by atoms with Crippen LogP contribution < -0.4 is 4.90 Å². The zero-order valence-electron chi connectivity index (χ0n) is 44.5. The number of anilines is 3. The summed E-state index contributed by atoms with van der Waals surface area (Å²) in [6, 6.07) is 64.1. The van der Waals surface area contributed by atoms with Crippen molar-refractivity contribution in [1.82, 2.24) is 0 Å². The first-order chi connectivity index (χ1) is 34.7. The average molecular weight is 942 g/mol. The maximum atomic E-state index is 2.60. The molecule has 0 atom stereocenters. The lowest BCUT2D eigenvalue weighted by Crippen LogP contribution is -2.18. The van der Waals surface area contributed by atoms with Crippen LogP contribution in [0.2, 0.25) is 0 Å². The summed E-state index contributed by atoms with van der Waals surface area (Å²) >= 11 is 0. The Morgan fingerprint density at radius 3 is 0.918 bits per heavy atom. The lowest BCUT2D eigenvalue weighted by Gasteiger charge is -2.29. The summed E-state index contributed by atoms with van der Waals surface area (Å²) in [7, 11) is 0. The van der Waals surface area contributed by atoms with Gasteiger partial charge in [-0.2, -0.15) is 0 Å². The molecule has 0 aromatic heterocycles. The third-order valence-corrected chi connectivity index (χ3v) is 19.9. The number of rotatable bonds is 3. The molecule has 15 rings (SSSR count). The first kappa shape index (κ1) is 43.4. The Morgan fingerprint density at radius 2 is 0.507 bits per heavy atom. The molecule has 6 aliphatic rings. The molecular weight excluding hydrogens is 879 g/mol. The fourth-order valence-corrected chi connectivity index (χ4v) is 15.8. The summed E-state index contributed by atoms with van der Waals surface area (Å²) < 4.78 is 0. The standard InChI is InChI=1S/C72H63N/c1-67(2)51-24-18-16-22-45(51)63-53(67)30-32-55-65(63)49-38-59-47(36-61(49)69(55,5)6)43-28-26-41(34-57(43)71(59,9)10)73(40-20-14-13-15-21-40)42-27-29-44-48-37-62-50(39-60(48)72(11,12)58(44)35-42)66-56(70(62,7)8)33-31-54-64(66)46-23-17-19-25-52(46)68(54,3)4/h13-39H,1-12H3. The summed E-state index contributed by atoms with van der Waals surface area (Å²) in [6.45, 7) is 29.2. The largest absolute Gasteiger partial charge is 0.310 e. The molecule has 0 heterocycles. The molecule has 0 bridgehead atoms. The molecule has 1 nitrogen and oxygen atoms in total. The quantitative estimate of drug-likeness (QED) is 0.171. The second kappa shape index (κ2) is 13.5. The molecule has 0 radical (unpaired) electrons. The topological polar surface area (TPSA) is 3.24 Å². The second-order valence-corrected chi connectivity index (χ2v) is 25.7. The van der Waals surface area contributed by atoms with Crippen LogP contribution >= 0.6 is 0 Å². The van der Waals surface area contributed by atoms with E-state index < -0.39 is 0 Å². The van der Waals surface area contributed by atoms with E-state index >= 15 is 0 Å². The Labute approximate surface area is 432 Å². The summed E-state index contributed by atoms with van der Waals surface area (Å²) in [5, 5.41) is 0. The molecule has 6 aliphatic carbocycles. The van der Waals surface area contributed by atoms with Gasteiger partial charge in [-0.1, -0.05) is 186 Å². The molecule has 0 fully saturated rings. The van der Waals surface area contributed by atoms with Crippen LogP contribution in [0.1, 0.15) is 150 Å². The van der Waals surface area contributed by atoms with Crippen molar-refractivity contribution in [1.29, 1.82) is 0 Å². The Hall–Kier alpha value is -7.22. The molecule has 9 aromatic rings. The molecule has 0 unspecified atom stereocenters. The number of para-hydroxylation sites is 1. The highest BCUT2D eigenvalue weighted by Crippen LogP contribution is 2.64. The lowest BCUT2D eigenvalue weighted by molar-refractivity contribution is 0.648. The van der Waals surface area contributed by atoms with Crippen molar-refractivity contribution in [2.45, 2.75) is 116 Å². The van der Waals surface area contributed by atoms with Gasteiger partial charge in [0.2, 0.25) is 0 Å². The summed E-state index contributed by atoms with van der Waals surface area (Å²) in [5.41, 5.74) is 36.7. The monoisotopic (exact) mass is 941 g/mol. The third-order valence-electron chi connectivity index (χ3n) is 19.9. The number of benzene rings is 9. The predicted molar refractivity (Wildman–Crippen MR) is 307 cm³/mol. The summed E-state index contributed by atoms with van der Waals surface area (Å²) in [6.07, 6.45) is 0. The second-order valence-electron chi connectivity index (χ2n) is 25.7. The number of hydrogen-bond donors (Lipinski definition) is 0. The van der Waals surface area contributed by atoms with Crippen LogP contribution in [-0.4, -0.2) is 0 Å². The molecule has 1 heteroatoms. The first-order valence-corrected chi connectivity index (χ1v) is 26.8. The highest BCUT2D eigenvalue weighted by molar-refractivity contribution is 6.02. The van der Waals surface area contributed by atoms with E-state index in [0.717, 1.165) is 5.69 Å². The van der Waals surface area contributed by atoms with Crippen LogP contribution in [-0.2, 0) is 32.5 Å². The van der Waals surface area contributed by atoms with E-state index in [1.165, 1.54) is 145 Å². The van der Waals surface area contributed by atoms with Crippen molar-refractivity contribution >= 4 is 17.1 Å². The van der Waals surface area contributed by atoms with Gasteiger partial charge in [0.1, 0.15) is 0 Å². The van der Waals surface area contributed by atoms with E-state index in [4.69, 9.17) is 0 Å². The molecule has 0 saturated heterocycles. The van der Waals surface area contributed by atoms with E-state index in [-0.39, 0.29) is 32.5 Å². The molecule has 9 aromatic carbocycles. The molecule has 0 amide bonds. The summed E-state index contributed by atoms with van der Waals surface area (Å²) in [4.78, 5) is 2.50. The van der Waals surface area contributed by atoms with Crippen molar-refractivity contribution < 1.29 is 0 Å². The van der Waals surface area contributed by atoms with Gasteiger partial charge in [-0.3, -0.25) is 0 Å². The average Bonchev–Trinajstić information content (AvgIpc) is 4.07. The normalized spacial score (nSPS) is 18.2. The molecule has 356 valence electrons. The van der Waals surface area contributed by atoms with Gasteiger partial charge >= 0.3 is 0 Å². The minimum atomic E-state index is -0.216. The number of nitrogens with zero attached hydrogens (tertiary/aromatic N) is 1. The highest BCUT2D eigenvalue weighted by atomic mass is 15.1. The fourth-order valence-electron chi connectivity index (χ4n) is 15.8. The lowest BCUT2D eigenvalue weighted by atomic mass is 9.78. The zero-order chi connectivity index (χ0) is 50.3. The first-order valence-electron chi connectivity index (χ1n) is 26.8. The smallest absolute Gasteiger partial charge is 0.0465 e. The minimum absolute atomic E-state index is 0.0459. The Kier molecular flexibility index (Phi) is 8.01. The fraction of sp³-hybridized carbons (Fsp3) is 0.250. The Morgan fingerprint density at radius 1 is 0.205 bits per heavy atom. The molecule has 0 saturated carbocycles. The van der Waals surface area contributed by atoms with Crippen molar-refractivity contribution in [2.75, 3.05) is 4.90 Å². The van der Waals surface area contributed by atoms with Gasteiger partial charge in [0.25, 0.3) is 0 Å². The molecule has 0 N–H and O–H groups in total. The van der Waals surface area contributed by atoms with Gasteiger partial charge in [0, 0.05) is 49.6 Å². The van der Waals surface area contributed by atoms with Gasteiger partial charge in [-0.15, -0.1) is 0 Å². The maximum Gasteiger partial charge on any atom is 0.0465 e.